The summed E-state index contributed by atoms with van der Waals surface area (Å²) >= 11 is 0. The first-order valence-electron chi connectivity index (χ1n) is 6.09. The molecule has 1 aromatic rings. The van der Waals surface area contributed by atoms with E-state index in [1.54, 1.807) is 18.3 Å². The summed E-state index contributed by atoms with van der Waals surface area (Å²) in [6.45, 7) is 0.933. The minimum atomic E-state index is -0.391. The quantitative estimate of drug-likeness (QED) is 0.748. The molecule has 1 aromatic heterocycles. The molecule has 0 radical (unpaired) electrons. The van der Waals surface area contributed by atoms with Crippen LogP contribution in [0.3, 0.4) is 0 Å². The van der Waals surface area contributed by atoms with Gasteiger partial charge in [-0.15, -0.1) is 0 Å². The standard InChI is InChI=1S/C13H18N2O3/c1-18-12(17)10-3-2-7-14-11(10)15-9-13(4-5-13)6-8-16/h2-3,7,16H,4-6,8-9H2,1H3,(H,14,15). The zero-order valence-electron chi connectivity index (χ0n) is 10.5. The van der Waals surface area contributed by atoms with Crippen LogP contribution in [0.4, 0.5) is 5.82 Å². The Balaban J connectivity index is 2.03. The van der Waals surface area contributed by atoms with Crippen LogP contribution in [-0.2, 0) is 4.74 Å². The molecule has 0 atom stereocenters. The van der Waals surface area contributed by atoms with Crippen molar-refractivity contribution in [2.24, 2.45) is 5.41 Å². The topological polar surface area (TPSA) is 71.5 Å². The van der Waals surface area contributed by atoms with Crippen LogP contribution in [0.15, 0.2) is 18.3 Å². The fourth-order valence-electron chi connectivity index (χ4n) is 2.02. The number of anilines is 1. The van der Waals surface area contributed by atoms with Crippen LogP contribution in [0.5, 0.6) is 0 Å². The Morgan fingerprint density at radius 1 is 1.61 bits per heavy atom. The van der Waals surface area contributed by atoms with Crippen LogP contribution < -0.4 is 5.32 Å². The van der Waals surface area contributed by atoms with Crippen LogP contribution >= 0.6 is 0 Å². The molecule has 0 saturated heterocycles. The van der Waals surface area contributed by atoms with E-state index in [1.165, 1.54) is 7.11 Å². The van der Waals surface area contributed by atoms with E-state index in [-0.39, 0.29) is 12.0 Å². The second kappa shape index (κ2) is 5.35. The molecular weight excluding hydrogens is 232 g/mol. The first-order valence-corrected chi connectivity index (χ1v) is 6.09. The van der Waals surface area contributed by atoms with Gasteiger partial charge in [0.05, 0.1) is 7.11 Å². The van der Waals surface area contributed by atoms with Gasteiger partial charge in [-0.25, -0.2) is 9.78 Å². The number of aromatic nitrogens is 1. The Morgan fingerprint density at radius 2 is 2.39 bits per heavy atom. The monoisotopic (exact) mass is 250 g/mol. The van der Waals surface area contributed by atoms with E-state index < -0.39 is 5.97 Å². The number of nitrogens with zero attached hydrogens (tertiary/aromatic N) is 1. The van der Waals surface area contributed by atoms with Gasteiger partial charge in [-0.2, -0.15) is 0 Å². The van der Waals surface area contributed by atoms with E-state index in [1.807, 2.05) is 0 Å². The molecular formula is C13H18N2O3. The van der Waals surface area contributed by atoms with Gasteiger partial charge in [-0.3, -0.25) is 0 Å². The highest BCUT2D eigenvalue weighted by molar-refractivity contribution is 5.94. The lowest BCUT2D eigenvalue weighted by Crippen LogP contribution is -2.19. The van der Waals surface area contributed by atoms with Crippen LogP contribution in [0.25, 0.3) is 0 Å². The van der Waals surface area contributed by atoms with Gasteiger partial charge < -0.3 is 15.2 Å². The summed E-state index contributed by atoms with van der Waals surface area (Å²) in [5.74, 6) is 0.158. The Hall–Kier alpha value is -1.62. The summed E-state index contributed by atoms with van der Waals surface area (Å²) in [4.78, 5) is 15.7. The average Bonchev–Trinajstić information content (AvgIpc) is 3.16. The molecule has 0 aromatic carbocycles. The van der Waals surface area contributed by atoms with Crippen LogP contribution in [0, 0.1) is 5.41 Å². The molecule has 2 N–H and O–H groups in total. The van der Waals surface area contributed by atoms with E-state index in [2.05, 4.69) is 10.3 Å². The van der Waals surface area contributed by atoms with Gasteiger partial charge in [0.2, 0.25) is 0 Å². The number of pyridine rings is 1. The summed E-state index contributed by atoms with van der Waals surface area (Å²) in [5, 5.41) is 12.2. The van der Waals surface area contributed by atoms with Crippen molar-refractivity contribution in [3.8, 4) is 0 Å². The van der Waals surface area contributed by atoms with Crippen LogP contribution in [-0.4, -0.2) is 36.3 Å². The van der Waals surface area contributed by atoms with Crippen molar-refractivity contribution in [1.82, 2.24) is 4.98 Å². The van der Waals surface area contributed by atoms with Gasteiger partial charge in [0.1, 0.15) is 11.4 Å². The van der Waals surface area contributed by atoms with Crippen LogP contribution in [0.2, 0.25) is 0 Å². The summed E-state index contributed by atoms with van der Waals surface area (Å²) in [6, 6.07) is 3.39. The molecule has 2 rings (SSSR count). The second-order valence-corrected chi connectivity index (χ2v) is 4.72. The first-order chi connectivity index (χ1) is 8.71. The fourth-order valence-corrected chi connectivity index (χ4v) is 2.02. The van der Waals surface area contributed by atoms with Crippen LogP contribution in [0.1, 0.15) is 29.6 Å². The summed E-state index contributed by atoms with van der Waals surface area (Å²) < 4.78 is 4.71. The number of esters is 1. The third-order valence-electron chi connectivity index (χ3n) is 3.44. The van der Waals surface area contributed by atoms with Crippen molar-refractivity contribution >= 4 is 11.8 Å². The maximum Gasteiger partial charge on any atom is 0.341 e. The van der Waals surface area contributed by atoms with Crippen molar-refractivity contribution in [1.29, 1.82) is 0 Å². The maximum atomic E-state index is 11.6. The first kappa shape index (κ1) is 12.8. The summed E-state index contributed by atoms with van der Waals surface area (Å²) in [5.41, 5.74) is 0.624. The third-order valence-corrected chi connectivity index (χ3v) is 3.44. The minimum absolute atomic E-state index is 0.180. The van der Waals surface area contributed by atoms with E-state index in [4.69, 9.17) is 9.84 Å². The fraction of sp³-hybridized carbons (Fsp3) is 0.538. The Morgan fingerprint density at radius 3 is 3.00 bits per heavy atom. The number of ether oxygens (including phenoxy) is 1. The van der Waals surface area contributed by atoms with Gasteiger partial charge in [0.25, 0.3) is 0 Å². The summed E-state index contributed by atoms with van der Waals surface area (Å²) in [7, 11) is 1.35. The number of carbonyl (C=O) groups excluding carboxylic acids is 1. The number of nitrogens with one attached hydrogen (secondary N) is 1. The highest BCUT2D eigenvalue weighted by Crippen LogP contribution is 2.48. The number of hydrogen-bond donors (Lipinski definition) is 2. The lowest BCUT2D eigenvalue weighted by atomic mass is 10.0. The Labute approximate surface area is 106 Å². The largest absolute Gasteiger partial charge is 0.465 e. The van der Waals surface area contributed by atoms with Crippen molar-refractivity contribution in [2.45, 2.75) is 19.3 Å². The number of aliphatic hydroxyl groups excluding tert-OH is 1. The van der Waals surface area contributed by atoms with Crippen molar-refractivity contribution < 1.29 is 14.6 Å². The van der Waals surface area contributed by atoms with Gasteiger partial charge in [-0.05, 0) is 36.8 Å². The Bertz CT molecular complexity index is 430. The molecule has 1 heterocycles. The highest BCUT2D eigenvalue weighted by Gasteiger charge is 2.41. The van der Waals surface area contributed by atoms with E-state index in [0.717, 1.165) is 25.8 Å². The predicted octanol–water partition coefficient (Wildman–Crippen LogP) is 1.44. The molecule has 1 aliphatic rings. The molecule has 5 heteroatoms. The zero-order chi connectivity index (χ0) is 13.0. The SMILES string of the molecule is COC(=O)c1cccnc1NCC1(CCO)CC1. The second-order valence-electron chi connectivity index (χ2n) is 4.72. The molecule has 5 nitrogen and oxygen atoms in total. The normalized spacial score (nSPS) is 16.1. The molecule has 1 fully saturated rings. The lowest BCUT2D eigenvalue weighted by Gasteiger charge is -2.16. The predicted molar refractivity (Wildman–Crippen MR) is 67.4 cm³/mol. The molecule has 1 saturated carbocycles. The molecule has 1 aliphatic carbocycles. The number of methoxy groups -OCH3 is 1. The van der Waals surface area contributed by atoms with Gasteiger partial charge in [0, 0.05) is 19.3 Å². The molecule has 18 heavy (non-hydrogen) atoms. The number of rotatable bonds is 6. The van der Waals surface area contributed by atoms with Gasteiger partial charge in [0.15, 0.2) is 0 Å². The zero-order valence-corrected chi connectivity index (χ0v) is 10.5. The molecule has 0 spiro atoms. The molecule has 0 unspecified atom stereocenters. The Kier molecular flexibility index (Phi) is 3.81. The number of hydrogen-bond acceptors (Lipinski definition) is 5. The smallest absolute Gasteiger partial charge is 0.341 e. The molecule has 0 aliphatic heterocycles. The van der Waals surface area contributed by atoms with Crippen molar-refractivity contribution in [3.63, 3.8) is 0 Å². The van der Waals surface area contributed by atoms with Gasteiger partial charge in [-0.1, -0.05) is 0 Å². The number of carbonyl (C=O) groups is 1. The van der Waals surface area contributed by atoms with E-state index in [9.17, 15) is 4.79 Å². The van der Waals surface area contributed by atoms with E-state index in [0.29, 0.717) is 11.4 Å². The third kappa shape index (κ3) is 2.79. The van der Waals surface area contributed by atoms with E-state index >= 15 is 0 Å². The number of aliphatic hydroxyl groups is 1. The van der Waals surface area contributed by atoms with Gasteiger partial charge >= 0.3 is 5.97 Å². The molecule has 0 bridgehead atoms. The molecule has 98 valence electrons. The van der Waals surface area contributed by atoms with Crippen molar-refractivity contribution in [2.75, 3.05) is 25.6 Å². The molecule has 0 amide bonds. The summed E-state index contributed by atoms with van der Waals surface area (Å²) in [6.07, 6.45) is 4.66. The lowest BCUT2D eigenvalue weighted by molar-refractivity contribution is 0.0601. The average molecular weight is 250 g/mol. The van der Waals surface area contributed by atoms with Crippen molar-refractivity contribution in [3.05, 3.63) is 23.9 Å². The maximum absolute atomic E-state index is 11.6. The highest BCUT2D eigenvalue weighted by atomic mass is 16.5. The minimum Gasteiger partial charge on any atom is -0.465 e.